The molecule has 2 rings (SSSR count). The summed E-state index contributed by atoms with van der Waals surface area (Å²) in [7, 11) is 0. The number of benzene rings is 1. The molecule has 2 amide bonds. The minimum absolute atomic E-state index is 0.0256. The third-order valence-electron chi connectivity index (χ3n) is 4.80. The van der Waals surface area contributed by atoms with Crippen molar-refractivity contribution in [1.29, 1.82) is 0 Å². The van der Waals surface area contributed by atoms with Gasteiger partial charge in [-0.2, -0.15) is 0 Å². The summed E-state index contributed by atoms with van der Waals surface area (Å²) in [5.41, 5.74) is 7.59. The van der Waals surface area contributed by atoms with Crippen LogP contribution in [-0.2, 0) is 4.79 Å². The zero-order valence-electron chi connectivity index (χ0n) is 14.2. The van der Waals surface area contributed by atoms with E-state index in [9.17, 15) is 9.59 Å². The number of primary amides is 1. The summed E-state index contributed by atoms with van der Waals surface area (Å²) in [6.45, 7) is 10.5. The average molecular weight is 314 g/mol. The summed E-state index contributed by atoms with van der Waals surface area (Å²) >= 11 is 0. The lowest BCUT2D eigenvalue weighted by Gasteiger charge is -2.40. The quantitative estimate of drug-likeness (QED) is 0.831. The molecule has 0 aromatic heterocycles. The molecule has 1 aliphatic carbocycles. The largest absolute Gasteiger partial charge is 0.366 e. The third-order valence-corrected chi connectivity index (χ3v) is 4.80. The van der Waals surface area contributed by atoms with Gasteiger partial charge in [0.25, 0.3) is 0 Å². The molecule has 2 atom stereocenters. The van der Waals surface area contributed by atoms with Crippen molar-refractivity contribution in [2.45, 2.75) is 40.0 Å². The molecule has 0 saturated heterocycles. The number of allylic oxidation sites excluding steroid dienone is 1. The van der Waals surface area contributed by atoms with Gasteiger partial charge in [0, 0.05) is 17.2 Å². The van der Waals surface area contributed by atoms with E-state index in [4.69, 9.17) is 5.73 Å². The molecule has 3 N–H and O–H groups in total. The van der Waals surface area contributed by atoms with Crippen LogP contribution in [0, 0.1) is 17.3 Å². The monoisotopic (exact) mass is 314 g/mol. The van der Waals surface area contributed by atoms with Gasteiger partial charge in [0.05, 0.1) is 0 Å². The van der Waals surface area contributed by atoms with Crippen LogP contribution >= 0.6 is 0 Å². The van der Waals surface area contributed by atoms with Crippen LogP contribution in [-0.4, -0.2) is 11.8 Å². The topological polar surface area (TPSA) is 72.2 Å². The summed E-state index contributed by atoms with van der Waals surface area (Å²) in [6, 6.07) is 6.67. The fraction of sp³-hybridized carbons (Fsp3) is 0.474. The number of rotatable bonds is 4. The predicted octanol–water partition coefficient (Wildman–Crippen LogP) is 3.74. The molecular formula is C19H26N2O2. The molecule has 0 spiro atoms. The average Bonchev–Trinajstić information content (AvgIpc) is 2.46. The maximum absolute atomic E-state index is 12.7. The Hall–Kier alpha value is -2.10. The summed E-state index contributed by atoms with van der Waals surface area (Å²) < 4.78 is 0. The Bertz CT molecular complexity index is 617. The van der Waals surface area contributed by atoms with Crippen molar-refractivity contribution in [1.82, 2.24) is 0 Å². The third kappa shape index (κ3) is 4.21. The molecule has 1 aromatic carbocycles. The number of hydrogen-bond donors (Lipinski definition) is 2. The second kappa shape index (κ2) is 6.57. The molecule has 0 bridgehead atoms. The van der Waals surface area contributed by atoms with Crippen LogP contribution < -0.4 is 11.1 Å². The molecule has 0 aliphatic heterocycles. The van der Waals surface area contributed by atoms with Gasteiger partial charge in [0.1, 0.15) is 0 Å². The molecule has 4 nitrogen and oxygen atoms in total. The van der Waals surface area contributed by atoms with E-state index >= 15 is 0 Å². The molecule has 124 valence electrons. The maximum Gasteiger partial charge on any atom is 0.248 e. The van der Waals surface area contributed by atoms with E-state index in [0.717, 1.165) is 24.8 Å². The van der Waals surface area contributed by atoms with Crippen LogP contribution in [0.3, 0.4) is 0 Å². The standard InChI is InChI=1S/C19H26N2O2/c1-12(2)15-9-10-19(3,4)11-16(15)18(23)21-14-7-5-13(6-8-14)17(20)22/h5-8,15-16H,1,9-11H2,2-4H3,(H2,20,22)(H,21,23). The van der Waals surface area contributed by atoms with E-state index in [1.807, 2.05) is 6.92 Å². The highest BCUT2D eigenvalue weighted by Gasteiger charge is 2.39. The van der Waals surface area contributed by atoms with Crippen LogP contribution in [0.15, 0.2) is 36.4 Å². The highest BCUT2D eigenvalue weighted by atomic mass is 16.2. The minimum atomic E-state index is -0.473. The van der Waals surface area contributed by atoms with E-state index in [2.05, 4.69) is 25.7 Å². The van der Waals surface area contributed by atoms with E-state index < -0.39 is 5.91 Å². The molecule has 0 heterocycles. The SMILES string of the molecule is C=C(C)C1CCC(C)(C)CC1C(=O)Nc1ccc(C(N)=O)cc1. The lowest BCUT2D eigenvalue weighted by atomic mass is 9.65. The van der Waals surface area contributed by atoms with Crippen molar-refractivity contribution < 1.29 is 9.59 Å². The first-order valence-electron chi connectivity index (χ1n) is 8.06. The number of anilines is 1. The van der Waals surface area contributed by atoms with Gasteiger partial charge in [0.2, 0.25) is 11.8 Å². The van der Waals surface area contributed by atoms with Crippen molar-refractivity contribution in [2.75, 3.05) is 5.32 Å². The van der Waals surface area contributed by atoms with Crippen molar-refractivity contribution >= 4 is 17.5 Å². The number of carbonyl (C=O) groups excluding carboxylic acids is 2. The van der Waals surface area contributed by atoms with Gasteiger partial charge >= 0.3 is 0 Å². The molecule has 1 aromatic rings. The zero-order chi connectivity index (χ0) is 17.2. The lowest BCUT2D eigenvalue weighted by molar-refractivity contribution is -0.123. The van der Waals surface area contributed by atoms with E-state index in [0.29, 0.717) is 11.3 Å². The Kier molecular flexibility index (Phi) is 4.93. The van der Waals surface area contributed by atoms with Crippen LogP contribution in [0.1, 0.15) is 50.4 Å². The van der Waals surface area contributed by atoms with Crippen LogP contribution in [0.25, 0.3) is 0 Å². The van der Waals surface area contributed by atoms with Gasteiger partial charge in [-0.25, -0.2) is 0 Å². The van der Waals surface area contributed by atoms with Crippen molar-refractivity contribution in [3.8, 4) is 0 Å². The molecule has 2 unspecified atom stereocenters. The second-order valence-corrected chi connectivity index (χ2v) is 7.40. The zero-order valence-corrected chi connectivity index (χ0v) is 14.2. The molecular weight excluding hydrogens is 288 g/mol. The fourth-order valence-corrected chi connectivity index (χ4v) is 3.41. The first-order chi connectivity index (χ1) is 10.7. The van der Waals surface area contributed by atoms with Gasteiger partial charge in [-0.15, -0.1) is 0 Å². The van der Waals surface area contributed by atoms with Crippen LogP contribution in [0.5, 0.6) is 0 Å². The summed E-state index contributed by atoms with van der Waals surface area (Å²) in [5.74, 6) is -0.281. The fourth-order valence-electron chi connectivity index (χ4n) is 3.41. The van der Waals surface area contributed by atoms with E-state index in [1.54, 1.807) is 24.3 Å². The van der Waals surface area contributed by atoms with Crippen LogP contribution in [0.4, 0.5) is 5.69 Å². The number of nitrogens with one attached hydrogen (secondary N) is 1. The summed E-state index contributed by atoms with van der Waals surface area (Å²) in [4.78, 5) is 23.8. The number of amides is 2. The van der Waals surface area contributed by atoms with Crippen molar-refractivity contribution in [3.05, 3.63) is 42.0 Å². The second-order valence-electron chi connectivity index (χ2n) is 7.40. The molecule has 1 saturated carbocycles. The normalized spacial score (nSPS) is 23.1. The lowest BCUT2D eigenvalue weighted by Crippen LogP contribution is -2.38. The first-order valence-corrected chi connectivity index (χ1v) is 8.06. The Morgan fingerprint density at radius 3 is 2.35 bits per heavy atom. The predicted molar refractivity (Wildman–Crippen MR) is 93.0 cm³/mol. The first kappa shape index (κ1) is 17.3. The molecule has 4 heteroatoms. The highest BCUT2D eigenvalue weighted by molar-refractivity contribution is 5.95. The summed E-state index contributed by atoms with van der Waals surface area (Å²) in [5, 5.41) is 2.97. The van der Waals surface area contributed by atoms with E-state index in [-0.39, 0.29) is 23.2 Å². The molecule has 23 heavy (non-hydrogen) atoms. The number of hydrogen-bond acceptors (Lipinski definition) is 2. The van der Waals surface area contributed by atoms with Gasteiger partial charge in [-0.3, -0.25) is 9.59 Å². The summed E-state index contributed by atoms with van der Waals surface area (Å²) in [6.07, 6.45) is 2.97. The number of carbonyl (C=O) groups is 2. The Morgan fingerprint density at radius 2 is 1.83 bits per heavy atom. The molecule has 0 radical (unpaired) electrons. The number of nitrogens with two attached hydrogens (primary N) is 1. The van der Waals surface area contributed by atoms with E-state index in [1.165, 1.54) is 0 Å². The van der Waals surface area contributed by atoms with Gasteiger partial charge in [-0.1, -0.05) is 26.0 Å². The van der Waals surface area contributed by atoms with Crippen LogP contribution in [0.2, 0.25) is 0 Å². The van der Waals surface area contributed by atoms with Crippen molar-refractivity contribution in [2.24, 2.45) is 23.0 Å². The van der Waals surface area contributed by atoms with Gasteiger partial charge in [0.15, 0.2) is 0 Å². The Morgan fingerprint density at radius 1 is 1.22 bits per heavy atom. The van der Waals surface area contributed by atoms with Crippen molar-refractivity contribution in [3.63, 3.8) is 0 Å². The van der Waals surface area contributed by atoms with Gasteiger partial charge in [-0.05, 0) is 61.8 Å². The smallest absolute Gasteiger partial charge is 0.248 e. The minimum Gasteiger partial charge on any atom is -0.366 e. The molecule has 1 aliphatic rings. The van der Waals surface area contributed by atoms with Gasteiger partial charge < -0.3 is 11.1 Å². The maximum atomic E-state index is 12.7. The Labute approximate surface area is 138 Å². The molecule has 1 fully saturated rings. The Balaban J connectivity index is 2.13. The highest BCUT2D eigenvalue weighted by Crippen LogP contribution is 2.44.